The molecule has 0 aromatic heterocycles. The number of nitro groups is 1. The number of Topliss-reactive ketones (excluding diaryl/α,β-unsaturated/α-hetero) is 1. The summed E-state index contributed by atoms with van der Waals surface area (Å²) in [5.41, 5.74) is -0.768. The van der Waals surface area contributed by atoms with Crippen LogP contribution in [0, 0.1) is 10.1 Å². The number of ketones is 1. The summed E-state index contributed by atoms with van der Waals surface area (Å²) in [5.74, 6) is -1.33. The molecule has 6 heteroatoms. The second-order valence-electron chi connectivity index (χ2n) is 2.61. The van der Waals surface area contributed by atoms with E-state index in [1.54, 1.807) is 0 Å². The number of benzene rings is 1. The minimum Gasteiger partial charge on any atom is -0.867 e. The summed E-state index contributed by atoms with van der Waals surface area (Å²) >= 11 is 2.99. The first-order valence-corrected chi connectivity index (χ1v) is 4.38. The van der Waals surface area contributed by atoms with Crippen LogP contribution in [0.1, 0.15) is 17.3 Å². The van der Waals surface area contributed by atoms with E-state index in [1.165, 1.54) is 13.0 Å². The van der Waals surface area contributed by atoms with Crippen molar-refractivity contribution in [3.05, 3.63) is 32.3 Å². The topological polar surface area (TPSA) is 83.3 Å². The Labute approximate surface area is 87.6 Å². The highest BCUT2D eigenvalue weighted by Gasteiger charge is 2.13. The molecule has 5 nitrogen and oxygen atoms in total. The van der Waals surface area contributed by atoms with Crippen LogP contribution in [0.25, 0.3) is 0 Å². The molecule has 14 heavy (non-hydrogen) atoms. The average Bonchev–Trinajstić information content (AvgIpc) is 2.07. The van der Waals surface area contributed by atoms with Gasteiger partial charge in [-0.15, -0.1) is 0 Å². The van der Waals surface area contributed by atoms with Crippen LogP contribution in [0.15, 0.2) is 16.6 Å². The maximum absolute atomic E-state index is 11.3. The van der Waals surface area contributed by atoms with Crippen LogP contribution in [0.2, 0.25) is 0 Å². The lowest BCUT2D eigenvalue weighted by molar-refractivity contribution is -0.398. The Hall–Kier alpha value is -1.43. The van der Waals surface area contributed by atoms with E-state index in [9.17, 15) is 20.0 Å². The molecule has 0 atom stereocenters. The highest BCUT2D eigenvalue weighted by atomic mass is 79.9. The molecule has 0 spiro atoms. The van der Waals surface area contributed by atoms with Gasteiger partial charge in [-0.2, -0.15) is 0 Å². The number of rotatable bonds is 2. The third-order valence-corrected chi connectivity index (χ3v) is 2.07. The molecule has 1 aromatic rings. The fourth-order valence-corrected chi connectivity index (χ4v) is 1.42. The van der Waals surface area contributed by atoms with E-state index in [0.717, 1.165) is 6.07 Å². The summed E-state index contributed by atoms with van der Waals surface area (Å²) in [7, 11) is 0. The van der Waals surface area contributed by atoms with Crippen molar-refractivity contribution in [2.75, 3.05) is 0 Å². The third kappa shape index (κ3) is 1.90. The van der Waals surface area contributed by atoms with E-state index in [1.807, 2.05) is 0 Å². The Bertz CT molecular complexity index is 381. The van der Waals surface area contributed by atoms with Gasteiger partial charge in [-0.3, -0.25) is 14.9 Å². The molecule has 0 N–H and O–H groups in total. The number of halogens is 1. The van der Waals surface area contributed by atoms with Gasteiger partial charge in [0.2, 0.25) is 0 Å². The fraction of sp³-hybridized carbons (Fsp3) is 0.125. The molecule has 0 fully saturated rings. The largest absolute Gasteiger partial charge is 0.867 e. The van der Waals surface area contributed by atoms with E-state index >= 15 is 0 Å². The van der Waals surface area contributed by atoms with Crippen LogP contribution in [0.3, 0.4) is 0 Å². The van der Waals surface area contributed by atoms with Gasteiger partial charge in [0.15, 0.2) is 5.78 Å². The predicted octanol–water partition coefficient (Wildman–Crippen LogP) is 1.63. The maximum atomic E-state index is 11.3. The second kappa shape index (κ2) is 3.75. The molecule has 0 aliphatic carbocycles. The molecule has 0 bridgehead atoms. The standard InChI is InChI=1S/C8H6BrNO4/c1-4(11)6-2-5(9)3-7(8(6)12)10(13)14/h2-3,12H,1H3/p-1. The highest BCUT2D eigenvalue weighted by Crippen LogP contribution is 2.31. The zero-order valence-electron chi connectivity index (χ0n) is 7.11. The molecule has 1 rings (SSSR count). The zero-order valence-corrected chi connectivity index (χ0v) is 8.70. The Kier molecular flexibility index (Phi) is 2.85. The minimum absolute atomic E-state index is 0.175. The second-order valence-corrected chi connectivity index (χ2v) is 3.53. The van der Waals surface area contributed by atoms with Crippen molar-refractivity contribution in [3.63, 3.8) is 0 Å². The minimum atomic E-state index is -0.842. The molecule has 0 amide bonds. The smallest absolute Gasteiger partial charge is 0.263 e. The van der Waals surface area contributed by atoms with E-state index in [4.69, 9.17) is 0 Å². The molecule has 1 aromatic carbocycles. The van der Waals surface area contributed by atoms with E-state index < -0.39 is 22.1 Å². The lowest BCUT2D eigenvalue weighted by atomic mass is 10.1. The van der Waals surface area contributed by atoms with Crippen LogP contribution in [0.4, 0.5) is 5.69 Å². The predicted molar refractivity (Wildman–Crippen MR) is 50.2 cm³/mol. The van der Waals surface area contributed by atoms with Crippen molar-refractivity contribution in [2.24, 2.45) is 0 Å². The van der Waals surface area contributed by atoms with Crippen molar-refractivity contribution in [1.29, 1.82) is 0 Å². The normalized spacial score (nSPS) is 9.86. The molecular weight excluding hydrogens is 254 g/mol. The summed E-state index contributed by atoms with van der Waals surface area (Å²) in [6.45, 7) is 1.19. The number of carbonyl (C=O) groups excluding carboxylic acids is 1. The van der Waals surface area contributed by atoms with Gasteiger partial charge in [0.25, 0.3) is 5.69 Å². The quantitative estimate of drug-likeness (QED) is 0.459. The third-order valence-electron chi connectivity index (χ3n) is 1.61. The molecule has 0 aliphatic rings. The molecule has 74 valence electrons. The SMILES string of the molecule is CC(=O)c1cc(Br)cc([N+](=O)[O-])c1[O-]. The van der Waals surface area contributed by atoms with Gasteiger partial charge in [0.05, 0.1) is 4.92 Å². The summed E-state index contributed by atoms with van der Waals surface area (Å²) in [5, 5.41) is 21.7. The number of carbonyl (C=O) groups is 1. The van der Waals surface area contributed by atoms with Crippen molar-refractivity contribution < 1.29 is 14.8 Å². The summed E-state index contributed by atoms with van der Waals surface area (Å²) in [4.78, 5) is 20.6. The molecule has 0 unspecified atom stereocenters. The molecular formula is C8H5BrNO4-. The molecule has 0 saturated carbocycles. The van der Waals surface area contributed by atoms with Gasteiger partial charge in [-0.25, -0.2) is 0 Å². The van der Waals surface area contributed by atoms with Crippen LogP contribution in [-0.4, -0.2) is 10.7 Å². The van der Waals surface area contributed by atoms with Gasteiger partial charge < -0.3 is 5.11 Å². The first kappa shape index (κ1) is 10.6. The van der Waals surface area contributed by atoms with E-state index in [0.29, 0.717) is 4.47 Å². The van der Waals surface area contributed by atoms with E-state index in [2.05, 4.69) is 15.9 Å². The monoisotopic (exact) mass is 258 g/mol. The van der Waals surface area contributed by atoms with Gasteiger partial charge in [-0.05, 0) is 18.7 Å². The van der Waals surface area contributed by atoms with Crippen molar-refractivity contribution in [1.82, 2.24) is 0 Å². The van der Waals surface area contributed by atoms with E-state index in [-0.39, 0.29) is 5.56 Å². The van der Waals surface area contributed by atoms with Crippen LogP contribution >= 0.6 is 15.9 Å². The van der Waals surface area contributed by atoms with Crippen LogP contribution < -0.4 is 5.11 Å². The Balaban J connectivity index is 3.47. The van der Waals surface area contributed by atoms with Crippen molar-refractivity contribution in [3.8, 4) is 5.75 Å². The number of nitrogens with zero attached hydrogens (tertiary/aromatic N) is 1. The van der Waals surface area contributed by atoms with Gasteiger partial charge in [-0.1, -0.05) is 15.9 Å². The van der Waals surface area contributed by atoms with Gasteiger partial charge in [0.1, 0.15) is 0 Å². The van der Waals surface area contributed by atoms with Crippen molar-refractivity contribution >= 4 is 27.4 Å². The fourth-order valence-electron chi connectivity index (χ4n) is 0.976. The first-order chi connectivity index (χ1) is 6.43. The summed E-state index contributed by atoms with van der Waals surface area (Å²) in [6.07, 6.45) is 0. The Morgan fingerprint density at radius 2 is 2.07 bits per heavy atom. The molecule has 0 radical (unpaired) electrons. The van der Waals surface area contributed by atoms with Crippen LogP contribution in [0.5, 0.6) is 5.75 Å². The molecule has 0 saturated heterocycles. The van der Waals surface area contributed by atoms with Crippen LogP contribution in [-0.2, 0) is 0 Å². The van der Waals surface area contributed by atoms with Crippen molar-refractivity contribution in [2.45, 2.75) is 6.92 Å². The Morgan fingerprint density at radius 3 is 2.50 bits per heavy atom. The lowest BCUT2D eigenvalue weighted by Crippen LogP contribution is -2.05. The average molecular weight is 259 g/mol. The molecule has 0 heterocycles. The first-order valence-electron chi connectivity index (χ1n) is 3.59. The number of hydrogen-bond donors (Lipinski definition) is 0. The van der Waals surface area contributed by atoms with Gasteiger partial charge in [0, 0.05) is 16.1 Å². The maximum Gasteiger partial charge on any atom is 0.263 e. The summed E-state index contributed by atoms with van der Waals surface area (Å²) in [6, 6.07) is 2.35. The number of nitro benzene ring substituents is 1. The summed E-state index contributed by atoms with van der Waals surface area (Å²) < 4.78 is 0.342. The Morgan fingerprint density at radius 1 is 1.50 bits per heavy atom. The zero-order chi connectivity index (χ0) is 10.9. The van der Waals surface area contributed by atoms with Gasteiger partial charge >= 0.3 is 0 Å². The molecule has 0 aliphatic heterocycles. The highest BCUT2D eigenvalue weighted by molar-refractivity contribution is 9.10. The lowest BCUT2D eigenvalue weighted by Gasteiger charge is -2.11. The number of hydrogen-bond acceptors (Lipinski definition) is 4.